The molecule has 4 heteroatoms. The van der Waals surface area contributed by atoms with Crippen LogP contribution in [0.3, 0.4) is 0 Å². The lowest BCUT2D eigenvalue weighted by atomic mass is 10.2. The summed E-state index contributed by atoms with van der Waals surface area (Å²) in [5, 5.41) is 0. The van der Waals surface area contributed by atoms with E-state index in [2.05, 4.69) is 15.0 Å². The van der Waals surface area contributed by atoms with Gasteiger partial charge in [-0.05, 0) is 30.3 Å². The first kappa shape index (κ1) is 12.6. The van der Waals surface area contributed by atoms with Crippen LogP contribution in [0.5, 0.6) is 11.6 Å². The highest BCUT2D eigenvalue weighted by atomic mass is 16.5. The minimum absolute atomic E-state index is 0.573. The van der Waals surface area contributed by atoms with E-state index < -0.39 is 0 Å². The van der Waals surface area contributed by atoms with E-state index in [1.165, 1.54) is 0 Å². The second kappa shape index (κ2) is 5.33. The summed E-state index contributed by atoms with van der Waals surface area (Å²) < 4.78 is 5.76. The Balaban J connectivity index is 1.69. The summed E-state index contributed by atoms with van der Waals surface area (Å²) >= 11 is 0. The van der Waals surface area contributed by atoms with Crippen LogP contribution in [-0.2, 0) is 0 Å². The van der Waals surface area contributed by atoms with Crippen molar-refractivity contribution in [1.29, 1.82) is 0 Å². The summed E-state index contributed by atoms with van der Waals surface area (Å²) in [7, 11) is 0. The van der Waals surface area contributed by atoms with Gasteiger partial charge in [0.15, 0.2) is 0 Å². The Morgan fingerprint density at radius 1 is 0.864 bits per heavy atom. The van der Waals surface area contributed by atoms with Crippen LogP contribution in [0.15, 0.2) is 72.9 Å². The number of imidazole rings is 1. The van der Waals surface area contributed by atoms with Crippen molar-refractivity contribution in [1.82, 2.24) is 15.0 Å². The normalized spacial score (nSPS) is 10.7. The number of pyridine rings is 1. The number of fused-ring (bicyclic) bond motifs is 1. The quantitative estimate of drug-likeness (QED) is 0.607. The molecule has 4 aromatic rings. The third-order valence-corrected chi connectivity index (χ3v) is 3.36. The van der Waals surface area contributed by atoms with Crippen LogP contribution in [0.1, 0.15) is 0 Å². The van der Waals surface area contributed by atoms with Gasteiger partial charge in [0.05, 0.1) is 11.0 Å². The predicted molar refractivity (Wildman–Crippen MR) is 85.8 cm³/mol. The Bertz CT molecular complexity index is 883. The maximum Gasteiger partial charge on any atom is 0.219 e. The van der Waals surface area contributed by atoms with E-state index in [1.807, 2.05) is 66.7 Å². The van der Waals surface area contributed by atoms with E-state index in [-0.39, 0.29) is 0 Å². The molecule has 0 atom stereocenters. The average Bonchev–Trinajstić information content (AvgIpc) is 3.00. The lowest BCUT2D eigenvalue weighted by Crippen LogP contribution is -1.88. The van der Waals surface area contributed by atoms with Gasteiger partial charge in [-0.3, -0.25) is 0 Å². The molecule has 0 saturated heterocycles. The number of benzene rings is 2. The zero-order valence-electron chi connectivity index (χ0n) is 11.7. The second-order valence-corrected chi connectivity index (χ2v) is 4.90. The molecule has 2 aromatic carbocycles. The highest BCUT2D eigenvalue weighted by Crippen LogP contribution is 2.26. The molecule has 0 aliphatic carbocycles. The fourth-order valence-electron chi connectivity index (χ4n) is 2.32. The van der Waals surface area contributed by atoms with Crippen LogP contribution in [-0.4, -0.2) is 15.0 Å². The predicted octanol–water partition coefficient (Wildman–Crippen LogP) is 4.42. The molecule has 2 aromatic heterocycles. The third-order valence-electron chi connectivity index (χ3n) is 3.36. The van der Waals surface area contributed by atoms with Crippen molar-refractivity contribution in [2.24, 2.45) is 0 Å². The van der Waals surface area contributed by atoms with Gasteiger partial charge in [0.1, 0.15) is 11.6 Å². The smallest absolute Gasteiger partial charge is 0.219 e. The number of hydrogen-bond acceptors (Lipinski definition) is 3. The summed E-state index contributed by atoms with van der Waals surface area (Å²) in [6, 6.07) is 21.4. The van der Waals surface area contributed by atoms with Crippen molar-refractivity contribution in [2.75, 3.05) is 0 Å². The van der Waals surface area contributed by atoms with Crippen LogP contribution in [0, 0.1) is 0 Å². The van der Waals surface area contributed by atoms with Gasteiger partial charge in [-0.1, -0.05) is 30.3 Å². The molecule has 0 aliphatic rings. The number of aromatic amines is 1. The summed E-state index contributed by atoms with van der Waals surface area (Å²) in [4.78, 5) is 12.1. The van der Waals surface area contributed by atoms with Gasteiger partial charge < -0.3 is 9.72 Å². The molecule has 0 spiro atoms. The maximum atomic E-state index is 5.76. The number of hydrogen-bond donors (Lipinski definition) is 1. The van der Waals surface area contributed by atoms with E-state index in [0.717, 1.165) is 28.2 Å². The molecular weight excluding hydrogens is 274 g/mol. The molecule has 1 N–H and O–H groups in total. The highest BCUT2D eigenvalue weighted by molar-refractivity contribution is 5.79. The molecular formula is C18H13N3O. The Kier molecular flexibility index (Phi) is 3.05. The molecule has 0 saturated carbocycles. The van der Waals surface area contributed by atoms with E-state index in [4.69, 9.17) is 4.74 Å². The molecule has 22 heavy (non-hydrogen) atoms. The van der Waals surface area contributed by atoms with Crippen LogP contribution >= 0.6 is 0 Å². The minimum atomic E-state index is 0.573. The molecule has 0 amide bonds. The molecule has 106 valence electrons. The number of para-hydroxylation sites is 2. The largest absolute Gasteiger partial charge is 0.439 e. The number of nitrogens with zero attached hydrogens (tertiary/aromatic N) is 2. The number of aromatic nitrogens is 3. The molecule has 0 aliphatic heterocycles. The van der Waals surface area contributed by atoms with Crippen LogP contribution < -0.4 is 4.74 Å². The number of H-pyrrole nitrogens is 1. The number of rotatable bonds is 3. The Labute approximate surface area is 127 Å². The Hall–Kier alpha value is -3.14. The van der Waals surface area contributed by atoms with Crippen molar-refractivity contribution in [3.63, 3.8) is 0 Å². The first-order valence-corrected chi connectivity index (χ1v) is 7.02. The first-order valence-electron chi connectivity index (χ1n) is 7.02. The fraction of sp³-hybridized carbons (Fsp3) is 0. The van der Waals surface area contributed by atoms with Gasteiger partial charge in [0, 0.05) is 17.8 Å². The fourth-order valence-corrected chi connectivity index (χ4v) is 2.32. The van der Waals surface area contributed by atoms with Gasteiger partial charge in [-0.15, -0.1) is 0 Å². The van der Waals surface area contributed by atoms with Crippen molar-refractivity contribution < 1.29 is 4.74 Å². The van der Waals surface area contributed by atoms with Gasteiger partial charge in [0.25, 0.3) is 0 Å². The van der Waals surface area contributed by atoms with Crippen LogP contribution in [0.25, 0.3) is 22.4 Å². The van der Waals surface area contributed by atoms with Crippen molar-refractivity contribution in [3.8, 4) is 23.0 Å². The van der Waals surface area contributed by atoms with Gasteiger partial charge >= 0.3 is 0 Å². The van der Waals surface area contributed by atoms with E-state index in [9.17, 15) is 0 Å². The molecule has 0 fully saturated rings. The lowest BCUT2D eigenvalue weighted by molar-refractivity contribution is 0.463. The molecule has 4 nitrogen and oxygen atoms in total. The Morgan fingerprint density at radius 2 is 1.77 bits per heavy atom. The van der Waals surface area contributed by atoms with Gasteiger partial charge in [0.2, 0.25) is 5.88 Å². The number of nitrogens with one attached hydrogen (secondary N) is 1. The van der Waals surface area contributed by atoms with E-state index >= 15 is 0 Å². The van der Waals surface area contributed by atoms with Gasteiger partial charge in [-0.25, -0.2) is 9.97 Å². The van der Waals surface area contributed by atoms with E-state index in [1.54, 1.807) is 6.20 Å². The zero-order valence-corrected chi connectivity index (χ0v) is 11.7. The summed E-state index contributed by atoms with van der Waals surface area (Å²) in [5.41, 5.74) is 2.95. The molecule has 2 heterocycles. The molecule has 0 radical (unpaired) electrons. The highest BCUT2D eigenvalue weighted by Gasteiger charge is 2.06. The zero-order chi connectivity index (χ0) is 14.8. The summed E-state index contributed by atoms with van der Waals surface area (Å²) in [6.07, 6.45) is 1.71. The molecule has 0 bridgehead atoms. The SMILES string of the molecule is c1ccc(Oc2cccc(-c3nc4ccccc4[nH]3)c2)nc1. The molecule has 4 rings (SSSR count). The average molecular weight is 287 g/mol. The first-order chi connectivity index (χ1) is 10.9. The second-order valence-electron chi connectivity index (χ2n) is 4.90. The topological polar surface area (TPSA) is 50.8 Å². The summed E-state index contributed by atoms with van der Waals surface area (Å²) in [5.74, 6) is 2.13. The van der Waals surface area contributed by atoms with E-state index in [0.29, 0.717) is 5.88 Å². The minimum Gasteiger partial charge on any atom is -0.439 e. The maximum absolute atomic E-state index is 5.76. The standard InChI is InChI=1S/C18H13N3O/c1-2-9-16-15(8-1)20-18(21-16)13-6-5-7-14(12-13)22-17-10-3-4-11-19-17/h1-12H,(H,20,21). The van der Waals surface area contributed by atoms with Crippen LogP contribution in [0.4, 0.5) is 0 Å². The Morgan fingerprint density at radius 3 is 2.64 bits per heavy atom. The molecule has 0 unspecified atom stereocenters. The number of ether oxygens (including phenoxy) is 1. The van der Waals surface area contributed by atoms with Crippen molar-refractivity contribution in [2.45, 2.75) is 0 Å². The van der Waals surface area contributed by atoms with Gasteiger partial charge in [-0.2, -0.15) is 0 Å². The van der Waals surface area contributed by atoms with Crippen LogP contribution in [0.2, 0.25) is 0 Å². The summed E-state index contributed by atoms with van der Waals surface area (Å²) in [6.45, 7) is 0. The van der Waals surface area contributed by atoms with Crippen molar-refractivity contribution >= 4 is 11.0 Å². The van der Waals surface area contributed by atoms with Crippen molar-refractivity contribution in [3.05, 3.63) is 72.9 Å². The monoisotopic (exact) mass is 287 g/mol. The lowest BCUT2D eigenvalue weighted by Gasteiger charge is -2.05. The third kappa shape index (κ3) is 2.42.